The fraction of sp³-hybridized carbons (Fsp3) is 0.652. The van der Waals surface area contributed by atoms with E-state index in [1.807, 2.05) is 6.07 Å². The van der Waals surface area contributed by atoms with Crippen molar-refractivity contribution in [3.63, 3.8) is 0 Å². The normalized spacial score (nSPS) is 34.6. The molecule has 4 rings (SSSR count). The summed E-state index contributed by atoms with van der Waals surface area (Å²) in [6, 6.07) is 4.08. The minimum Gasteiger partial charge on any atom is -0.508 e. The van der Waals surface area contributed by atoms with Gasteiger partial charge in [-0.05, 0) is 60.3 Å². The summed E-state index contributed by atoms with van der Waals surface area (Å²) in [6.07, 6.45) is 5.71. The van der Waals surface area contributed by atoms with E-state index in [0.717, 1.165) is 43.2 Å². The Kier molecular flexibility index (Phi) is 4.56. The predicted octanol–water partition coefficient (Wildman–Crippen LogP) is 4.31. The lowest BCUT2D eigenvalue weighted by Gasteiger charge is -2.51. The summed E-state index contributed by atoms with van der Waals surface area (Å²) in [5.41, 5.74) is 3.16. The third kappa shape index (κ3) is 2.88. The number of benzene rings is 1. The van der Waals surface area contributed by atoms with Gasteiger partial charge in [0.15, 0.2) is 0 Å². The number of hydrogen-bond acceptors (Lipinski definition) is 4. The molecule has 3 aliphatic rings. The lowest BCUT2D eigenvalue weighted by atomic mass is 9.54. The molecule has 4 nitrogen and oxygen atoms in total. The molecule has 0 bridgehead atoms. The Balaban J connectivity index is 1.79. The molecular weight excluding hydrogens is 340 g/mol. The molecule has 0 heterocycles. The van der Waals surface area contributed by atoms with Gasteiger partial charge in [-0.25, -0.2) is 0 Å². The van der Waals surface area contributed by atoms with Gasteiger partial charge in [0.25, 0.3) is 0 Å². The van der Waals surface area contributed by atoms with Gasteiger partial charge >= 0.3 is 5.97 Å². The number of phenolic OH excluding ortho intramolecular Hbond substituents is 1. The zero-order valence-electron chi connectivity index (χ0n) is 16.6. The van der Waals surface area contributed by atoms with Crippen LogP contribution >= 0.6 is 0 Å². The number of hydrogen-bond donors (Lipinski definition) is 1. The van der Waals surface area contributed by atoms with Crippen LogP contribution in [0.3, 0.4) is 0 Å². The minimum atomic E-state index is -0.264. The minimum absolute atomic E-state index is 0.200. The Morgan fingerprint density at radius 1 is 1.33 bits per heavy atom. The summed E-state index contributed by atoms with van der Waals surface area (Å²) in [5.74, 6) is 1.27. The zero-order chi connectivity index (χ0) is 19.3. The van der Waals surface area contributed by atoms with Gasteiger partial charge in [-0.1, -0.05) is 26.3 Å². The van der Waals surface area contributed by atoms with E-state index in [9.17, 15) is 14.7 Å². The number of rotatable bonds is 3. The topological polar surface area (TPSA) is 63.6 Å². The van der Waals surface area contributed by atoms with Crippen molar-refractivity contribution in [2.75, 3.05) is 0 Å². The van der Waals surface area contributed by atoms with E-state index in [1.165, 1.54) is 12.5 Å². The van der Waals surface area contributed by atoms with Gasteiger partial charge in [0.2, 0.25) is 0 Å². The number of fused-ring (bicyclic) bond motifs is 5. The first-order chi connectivity index (χ1) is 12.8. The van der Waals surface area contributed by atoms with E-state index in [-0.39, 0.29) is 29.3 Å². The maximum Gasteiger partial charge on any atom is 0.302 e. The first-order valence-corrected chi connectivity index (χ1v) is 10.4. The van der Waals surface area contributed by atoms with Crippen molar-refractivity contribution in [3.05, 3.63) is 28.8 Å². The van der Waals surface area contributed by atoms with Crippen LogP contribution in [0.1, 0.15) is 75.5 Å². The maximum atomic E-state index is 12.6. The molecule has 1 aromatic rings. The Hall–Kier alpha value is -1.84. The quantitative estimate of drug-likeness (QED) is 0.805. The van der Waals surface area contributed by atoms with Gasteiger partial charge in [0, 0.05) is 31.1 Å². The molecule has 0 radical (unpaired) electrons. The summed E-state index contributed by atoms with van der Waals surface area (Å²) >= 11 is 0. The summed E-state index contributed by atoms with van der Waals surface area (Å²) in [6.45, 7) is 5.71. The van der Waals surface area contributed by atoms with Gasteiger partial charge in [0.05, 0.1) is 0 Å². The van der Waals surface area contributed by atoms with E-state index in [0.29, 0.717) is 30.3 Å². The number of carbonyl (C=O) groups excluding carboxylic acids is 2. The van der Waals surface area contributed by atoms with Crippen LogP contribution < -0.4 is 0 Å². The van der Waals surface area contributed by atoms with E-state index in [1.54, 1.807) is 0 Å². The number of phenols is 1. The van der Waals surface area contributed by atoms with Crippen molar-refractivity contribution in [2.45, 2.75) is 77.7 Å². The summed E-state index contributed by atoms with van der Waals surface area (Å²) in [5, 5.41) is 10.4. The number of ketones is 1. The Bertz CT molecular complexity index is 783. The molecule has 0 amide bonds. The molecule has 5 atom stereocenters. The molecular formula is C23H30O4. The molecule has 1 aromatic carbocycles. The summed E-state index contributed by atoms with van der Waals surface area (Å²) in [4.78, 5) is 24.4. The largest absolute Gasteiger partial charge is 0.508 e. The first-order valence-electron chi connectivity index (χ1n) is 10.4. The van der Waals surface area contributed by atoms with E-state index in [4.69, 9.17) is 4.74 Å². The number of aryl methyl sites for hydroxylation is 1. The number of Topliss-reactive ketones (excluding diaryl/α,β-unsaturated/α-hetero) is 1. The van der Waals surface area contributed by atoms with Crippen LogP contribution in [0.5, 0.6) is 5.75 Å². The van der Waals surface area contributed by atoms with Crippen LogP contribution in [0.25, 0.3) is 0 Å². The van der Waals surface area contributed by atoms with Crippen molar-refractivity contribution < 1.29 is 19.4 Å². The van der Waals surface area contributed by atoms with Gasteiger partial charge in [0.1, 0.15) is 17.6 Å². The monoisotopic (exact) mass is 370 g/mol. The lowest BCUT2D eigenvalue weighted by molar-refractivity contribution is -0.155. The molecule has 3 aliphatic carbocycles. The van der Waals surface area contributed by atoms with Gasteiger partial charge in [-0.15, -0.1) is 0 Å². The van der Waals surface area contributed by atoms with Crippen LogP contribution in [0.4, 0.5) is 0 Å². The number of aromatic hydroxyl groups is 1. The standard InChI is InChI=1S/C23H30O4/c1-4-5-14-10-17-15(11-19(14)25)12-20(27-13(2)24)22-16(17)8-9-23(3)18(22)6-7-21(23)26/h10-11,16,18,20,22,25H,4-9,12H2,1-3H3/t16?,18?,20-,22?,23-/m0/s1. The van der Waals surface area contributed by atoms with Gasteiger partial charge in [-0.2, -0.15) is 0 Å². The van der Waals surface area contributed by atoms with Crippen LogP contribution in [0.15, 0.2) is 12.1 Å². The molecule has 2 saturated carbocycles. The number of esters is 1. The zero-order valence-corrected chi connectivity index (χ0v) is 16.6. The molecule has 1 N–H and O–H groups in total. The second-order valence-corrected chi connectivity index (χ2v) is 8.99. The maximum absolute atomic E-state index is 12.6. The van der Waals surface area contributed by atoms with Crippen LogP contribution in [0.2, 0.25) is 0 Å². The highest BCUT2D eigenvalue weighted by Crippen LogP contribution is 2.60. The highest BCUT2D eigenvalue weighted by molar-refractivity contribution is 5.87. The van der Waals surface area contributed by atoms with Crippen molar-refractivity contribution in [1.29, 1.82) is 0 Å². The van der Waals surface area contributed by atoms with Crippen LogP contribution in [0, 0.1) is 17.3 Å². The fourth-order valence-electron chi connectivity index (χ4n) is 6.22. The van der Waals surface area contributed by atoms with Crippen molar-refractivity contribution in [2.24, 2.45) is 17.3 Å². The average molecular weight is 370 g/mol. The molecule has 146 valence electrons. The lowest BCUT2D eigenvalue weighted by Crippen LogP contribution is -2.49. The highest BCUT2D eigenvalue weighted by Gasteiger charge is 2.57. The molecule has 0 aliphatic heterocycles. The third-order valence-corrected chi connectivity index (χ3v) is 7.47. The number of carbonyl (C=O) groups is 2. The second-order valence-electron chi connectivity index (χ2n) is 8.99. The molecule has 27 heavy (non-hydrogen) atoms. The number of ether oxygens (including phenoxy) is 1. The average Bonchev–Trinajstić information content (AvgIpc) is 2.91. The van der Waals surface area contributed by atoms with Crippen molar-refractivity contribution in [3.8, 4) is 5.75 Å². The smallest absolute Gasteiger partial charge is 0.302 e. The summed E-state index contributed by atoms with van der Waals surface area (Å²) < 4.78 is 5.79. The third-order valence-electron chi connectivity index (χ3n) is 7.47. The van der Waals surface area contributed by atoms with E-state index in [2.05, 4.69) is 19.9 Å². The highest BCUT2D eigenvalue weighted by atomic mass is 16.5. The Morgan fingerprint density at radius 3 is 2.81 bits per heavy atom. The molecule has 3 unspecified atom stereocenters. The van der Waals surface area contributed by atoms with Gasteiger partial charge in [-0.3, -0.25) is 9.59 Å². The summed E-state index contributed by atoms with van der Waals surface area (Å²) in [7, 11) is 0. The molecule has 0 spiro atoms. The van der Waals surface area contributed by atoms with Crippen molar-refractivity contribution in [1.82, 2.24) is 0 Å². The van der Waals surface area contributed by atoms with Crippen LogP contribution in [-0.4, -0.2) is 23.0 Å². The SMILES string of the molecule is CCCc1cc2c(cc1O)C[C@H](OC(C)=O)C1C2CC[C@]2(C)C(=O)CCC12. The molecule has 2 fully saturated rings. The molecule has 0 aromatic heterocycles. The Morgan fingerprint density at radius 2 is 2.11 bits per heavy atom. The first kappa shape index (κ1) is 18.5. The Labute approximate surface area is 161 Å². The van der Waals surface area contributed by atoms with Crippen LogP contribution in [-0.2, 0) is 27.2 Å². The molecule has 4 heteroatoms. The van der Waals surface area contributed by atoms with E-state index < -0.39 is 0 Å². The van der Waals surface area contributed by atoms with Crippen molar-refractivity contribution >= 4 is 11.8 Å². The predicted molar refractivity (Wildman–Crippen MR) is 103 cm³/mol. The molecule has 0 saturated heterocycles. The fourth-order valence-corrected chi connectivity index (χ4v) is 6.22. The van der Waals surface area contributed by atoms with E-state index >= 15 is 0 Å². The second kappa shape index (κ2) is 6.65. The van der Waals surface area contributed by atoms with Gasteiger partial charge < -0.3 is 9.84 Å².